The fourth-order valence-electron chi connectivity index (χ4n) is 2.02. The van der Waals surface area contributed by atoms with Gasteiger partial charge in [-0.15, -0.1) is 0 Å². The first-order valence-corrected chi connectivity index (χ1v) is 5.26. The van der Waals surface area contributed by atoms with Gasteiger partial charge in [0.1, 0.15) is 5.76 Å². The van der Waals surface area contributed by atoms with E-state index in [4.69, 9.17) is 10.2 Å². The summed E-state index contributed by atoms with van der Waals surface area (Å²) in [7, 11) is 0. The summed E-state index contributed by atoms with van der Waals surface area (Å²) in [5.74, 6) is 1.64. The highest BCUT2D eigenvalue weighted by atomic mass is 16.3. The molecule has 0 aromatic carbocycles. The molecular formula is C11H18N2O. The highest BCUT2D eigenvalue weighted by Crippen LogP contribution is 2.17. The molecule has 0 saturated carbocycles. The Balaban J connectivity index is 1.88. The van der Waals surface area contributed by atoms with Crippen LogP contribution >= 0.6 is 0 Å². The molecule has 2 rings (SSSR count). The fraction of sp³-hybridized carbons (Fsp3) is 0.636. The van der Waals surface area contributed by atoms with Gasteiger partial charge in [-0.05, 0) is 24.5 Å². The third-order valence-corrected chi connectivity index (χ3v) is 3.02. The molecule has 0 aliphatic carbocycles. The summed E-state index contributed by atoms with van der Waals surface area (Å²) in [6.45, 7) is 5.32. The van der Waals surface area contributed by atoms with Crippen LogP contribution < -0.4 is 5.73 Å². The summed E-state index contributed by atoms with van der Waals surface area (Å²) in [5, 5.41) is 0. The lowest BCUT2D eigenvalue weighted by atomic mass is 9.95. The predicted octanol–water partition coefficient (Wildman–Crippen LogP) is 1.45. The van der Waals surface area contributed by atoms with E-state index in [1.807, 2.05) is 12.1 Å². The van der Waals surface area contributed by atoms with E-state index in [9.17, 15) is 0 Å². The zero-order valence-corrected chi connectivity index (χ0v) is 8.65. The second kappa shape index (κ2) is 4.15. The van der Waals surface area contributed by atoms with Crippen molar-refractivity contribution in [3.8, 4) is 0 Å². The topological polar surface area (TPSA) is 42.4 Å². The number of nitrogens with zero attached hydrogens (tertiary/aromatic N) is 1. The Bertz CT molecular complexity index is 271. The number of likely N-dealkylation sites (tertiary alicyclic amines) is 1. The standard InChI is InChI=1S/C11H18N2O/c1-9-7-13(5-4-11(9)12)8-10-3-2-6-14-10/h2-3,6,9,11H,4-5,7-8,12H2,1H3. The van der Waals surface area contributed by atoms with Crippen LogP contribution in [0.4, 0.5) is 0 Å². The highest BCUT2D eigenvalue weighted by molar-refractivity contribution is 4.98. The zero-order valence-electron chi connectivity index (χ0n) is 8.65. The minimum absolute atomic E-state index is 0.378. The number of piperidine rings is 1. The van der Waals surface area contributed by atoms with Crippen molar-refractivity contribution in [1.29, 1.82) is 0 Å². The Labute approximate surface area is 84.9 Å². The molecule has 3 nitrogen and oxygen atoms in total. The van der Waals surface area contributed by atoms with Crippen molar-refractivity contribution >= 4 is 0 Å². The van der Waals surface area contributed by atoms with Gasteiger partial charge in [0.15, 0.2) is 0 Å². The molecule has 1 aliphatic rings. The minimum Gasteiger partial charge on any atom is -0.468 e. The molecule has 2 atom stereocenters. The van der Waals surface area contributed by atoms with Crippen LogP contribution in [0.1, 0.15) is 19.1 Å². The molecule has 3 heteroatoms. The van der Waals surface area contributed by atoms with Crippen LogP contribution in [0.2, 0.25) is 0 Å². The maximum absolute atomic E-state index is 5.96. The maximum atomic E-state index is 5.96. The first kappa shape index (κ1) is 9.74. The lowest BCUT2D eigenvalue weighted by molar-refractivity contribution is 0.148. The minimum atomic E-state index is 0.378. The van der Waals surface area contributed by atoms with Gasteiger partial charge in [-0.3, -0.25) is 4.90 Å². The molecule has 0 radical (unpaired) electrons. The second-order valence-electron chi connectivity index (χ2n) is 4.24. The van der Waals surface area contributed by atoms with E-state index in [-0.39, 0.29) is 0 Å². The van der Waals surface area contributed by atoms with Crippen molar-refractivity contribution < 1.29 is 4.42 Å². The first-order valence-electron chi connectivity index (χ1n) is 5.26. The van der Waals surface area contributed by atoms with Gasteiger partial charge in [-0.1, -0.05) is 6.92 Å². The van der Waals surface area contributed by atoms with Crippen LogP contribution in [0.25, 0.3) is 0 Å². The molecule has 1 aromatic heterocycles. The number of hydrogen-bond donors (Lipinski definition) is 1. The number of furan rings is 1. The molecule has 1 fully saturated rings. The maximum Gasteiger partial charge on any atom is 0.117 e. The number of hydrogen-bond acceptors (Lipinski definition) is 3. The third kappa shape index (κ3) is 2.16. The lowest BCUT2D eigenvalue weighted by Crippen LogP contribution is -2.45. The van der Waals surface area contributed by atoms with Crippen molar-refractivity contribution in [2.24, 2.45) is 11.7 Å². The van der Waals surface area contributed by atoms with E-state index in [1.54, 1.807) is 6.26 Å². The monoisotopic (exact) mass is 194 g/mol. The normalized spacial score (nSPS) is 29.3. The predicted molar refractivity (Wildman–Crippen MR) is 55.7 cm³/mol. The molecule has 0 bridgehead atoms. The van der Waals surface area contributed by atoms with Crippen LogP contribution in [0.3, 0.4) is 0 Å². The fourth-order valence-corrected chi connectivity index (χ4v) is 2.02. The molecule has 1 aliphatic heterocycles. The summed E-state index contributed by atoms with van der Waals surface area (Å²) in [6, 6.07) is 4.34. The smallest absolute Gasteiger partial charge is 0.117 e. The van der Waals surface area contributed by atoms with Gasteiger partial charge in [0.25, 0.3) is 0 Å². The van der Waals surface area contributed by atoms with Gasteiger partial charge in [-0.2, -0.15) is 0 Å². The molecule has 14 heavy (non-hydrogen) atoms. The van der Waals surface area contributed by atoms with E-state index in [2.05, 4.69) is 11.8 Å². The van der Waals surface area contributed by atoms with Crippen LogP contribution in [0.15, 0.2) is 22.8 Å². The molecular weight excluding hydrogens is 176 g/mol. The Morgan fingerprint density at radius 3 is 3.14 bits per heavy atom. The van der Waals surface area contributed by atoms with Crippen molar-refractivity contribution in [2.75, 3.05) is 13.1 Å². The summed E-state index contributed by atoms with van der Waals surface area (Å²) < 4.78 is 5.33. The third-order valence-electron chi connectivity index (χ3n) is 3.02. The van der Waals surface area contributed by atoms with Crippen molar-refractivity contribution in [1.82, 2.24) is 4.90 Å². The average Bonchev–Trinajstić information content (AvgIpc) is 2.64. The SMILES string of the molecule is CC1CN(Cc2ccco2)CCC1N. The van der Waals surface area contributed by atoms with Gasteiger partial charge in [0.2, 0.25) is 0 Å². The molecule has 1 aromatic rings. The molecule has 2 unspecified atom stereocenters. The zero-order chi connectivity index (χ0) is 9.97. The van der Waals surface area contributed by atoms with Crippen LogP contribution in [0.5, 0.6) is 0 Å². The Hall–Kier alpha value is -0.800. The van der Waals surface area contributed by atoms with E-state index in [0.29, 0.717) is 12.0 Å². The molecule has 78 valence electrons. The number of rotatable bonds is 2. The van der Waals surface area contributed by atoms with Crippen LogP contribution in [-0.2, 0) is 6.54 Å². The molecule has 0 spiro atoms. The summed E-state index contributed by atoms with van der Waals surface area (Å²) in [6.07, 6.45) is 2.83. The van der Waals surface area contributed by atoms with Gasteiger partial charge in [-0.25, -0.2) is 0 Å². The highest BCUT2D eigenvalue weighted by Gasteiger charge is 2.23. The van der Waals surface area contributed by atoms with Gasteiger partial charge in [0.05, 0.1) is 12.8 Å². The van der Waals surface area contributed by atoms with Crippen molar-refractivity contribution in [3.05, 3.63) is 24.2 Å². The van der Waals surface area contributed by atoms with E-state index in [1.165, 1.54) is 0 Å². The Morgan fingerprint density at radius 2 is 2.50 bits per heavy atom. The molecule has 0 amide bonds. The van der Waals surface area contributed by atoms with Crippen LogP contribution in [0, 0.1) is 5.92 Å². The summed E-state index contributed by atoms with van der Waals surface area (Å²) >= 11 is 0. The van der Waals surface area contributed by atoms with Gasteiger partial charge >= 0.3 is 0 Å². The van der Waals surface area contributed by atoms with Crippen molar-refractivity contribution in [2.45, 2.75) is 25.9 Å². The first-order chi connectivity index (χ1) is 6.75. The van der Waals surface area contributed by atoms with Crippen molar-refractivity contribution in [3.63, 3.8) is 0 Å². The number of nitrogens with two attached hydrogens (primary N) is 1. The largest absolute Gasteiger partial charge is 0.468 e. The van der Waals surface area contributed by atoms with E-state index < -0.39 is 0 Å². The average molecular weight is 194 g/mol. The molecule has 2 heterocycles. The summed E-state index contributed by atoms with van der Waals surface area (Å²) in [5.41, 5.74) is 5.96. The Kier molecular flexibility index (Phi) is 2.89. The van der Waals surface area contributed by atoms with Gasteiger partial charge < -0.3 is 10.2 Å². The van der Waals surface area contributed by atoms with Gasteiger partial charge in [0, 0.05) is 19.1 Å². The second-order valence-corrected chi connectivity index (χ2v) is 4.24. The quantitative estimate of drug-likeness (QED) is 0.774. The van der Waals surface area contributed by atoms with E-state index in [0.717, 1.165) is 31.8 Å². The molecule has 1 saturated heterocycles. The Morgan fingerprint density at radius 1 is 1.64 bits per heavy atom. The van der Waals surface area contributed by atoms with E-state index >= 15 is 0 Å². The lowest BCUT2D eigenvalue weighted by Gasteiger charge is -2.34. The molecule has 2 N–H and O–H groups in total. The van der Waals surface area contributed by atoms with Crippen LogP contribution in [-0.4, -0.2) is 24.0 Å². The summed E-state index contributed by atoms with van der Waals surface area (Å²) in [4.78, 5) is 2.41.